The van der Waals surface area contributed by atoms with E-state index < -0.39 is 5.97 Å². The fraction of sp³-hybridized carbons (Fsp3) is 0.692. The zero-order chi connectivity index (χ0) is 23.7. The van der Waals surface area contributed by atoms with Crippen LogP contribution in [-0.4, -0.2) is 49.8 Å². The molecule has 0 amide bonds. The minimum atomic E-state index is -0.819. The SMILES string of the molecule is CCOC(=O)CCCOc1cccc(CCCCCCOC2CCCCO2)c1CCC(=O)O. The summed E-state index contributed by atoms with van der Waals surface area (Å²) in [4.78, 5) is 22.6. The molecule has 0 spiro atoms. The number of ether oxygens (including phenoxy) is 4. The van der Waals surface area contributed by atoms with Crippen LogP contribution in [0.3, 0.4) is 0 Å². The van der Waals surface area contributed by atoms with Crippen molar-refractivity contribution >= 4 is 11.9 Å². The Morgan fingerprint density at radius 2 is 1.88 bits per heavy atom. The lowest BCUT2D eigenvalue weighted by molar-refractivity contribution is -0.162. The summed E-state index contributed by atoms with van der Waals surface area (Å²) in [6, 6.07) is 5.90. The van der Waals surface area contributed by atoms with Crippen molar-refractivity contribution in [1.29, 1.82) is 0 Å². The van der Waals surface area contributed by atoms with Crippen molar-refractivity contribution in [1.82, 2.24) is 0 Å². The van der Waals surface area contributed by atoms with E-state index in [4.69, 9.17) is 24.1 Å². The maximum atomic E-state index is 11.5. The second kappa shape index (κ2) is 16.5. The van der Waals surface area contributed by atoms with Gasteiger partial charge in [-0.3, -0.25) is 9.59 Å². The highest BCUT2D eigenvalue weighted by molar-refractivity contribution is 5.69. The lowest BCUT2D eigenvalue weighted by Crippen LogP contribution is -2.22. The molecule has 7 nitrogen and oxygen atoms in total. The van der Waals surface area contributed by atoms with Gasteiger partial charge in [-0.05, 0) is 75.5 Å². The molecule has 1 fully saturated rings. The van der Waals surface area contributed by atoms with Gasteiger partial charge in [0.25, 0.3) is 0 Å². The topological polar surface area (TPSA) is 91.3 Å². The molecule has 0 radical (unpaired) electrons. The van der Waals surface area contributed by atoms with Crippen LogP contribution in [0.5, 0.6) is 5.75 Å². The maximum absolute atomic E-state index is 11.5. The molecule has 1 N–H and O–H groups in total. The molecule has 0 bridgehead atoms. The molecule has 2 rings (SSSR count). The smallest absolute Gasteiger partial charge is 0.305 e. The molecule has 1 aliphatic heterocycles. The first-order valence-electron chi connectivity index (χ1n) is 12.4. The van der Waals surface area contributed by atoms with Crippen molar-refractivity contribution in [3.63, 3.8) is 0 Å². The Balaban J connectivity index is 1.76. The number of unbranched alkanes of at least 4 members (excludes halogenated alkanes) is 3. The molecular weight excluding hydrogens is 424 g/mol. The second-order valence-electron chi connectivity index (χ2n) is 8.38. The Hall–Kier alpha value is -2.12. The van der Waals surface area contributed by atoms with Crippen LogP contribution >= 0.6 is 0 Å². The van der Waals surface area contributed by atoms with E-state index >= 15 is 0 Å². The van der Waals surface area contributed by atoms with E-state index in [0.717, 1.165) is 75.0 Å². The average molecular weight is 465 g/mol. The predicted molar refractivity (Wildman–Crippen MR) is 125 cm³/mol. The second-order valence-corrected chi connectivity index (χ2v) is 8.38. The molecule has 0 saturated carbocycles. The van der Waals surface area contributed by atoms with Gasteiger partial charge < -0.3 is 24.1 Å². The minimum absolute atomic E-state index is 0.0180. The van der Waals surface area contributed by atoms with Gasteiger partial charge in [-0.15, -0.1) is 0 Å². The van der Waals surface area contributed by atoms with E-state index in [1.807, 2.05) is 12.1 Å². The number of carboxylic acids is 1. The van der Waals surface area contributed by atoms with Crippen LogP contribution in [0.15, 0.2) is 18.2 Å². The summed E-state index contributed by atoms with van der Waals surface area (Å²) in [5.41, 5.74) is 2.11. The molecule has 33 heavy (non-hydrogen) atoms. The van der Waals surface area contributed by atoms with Crippen molar-refractivity contribution in [3.05, 3.63) is 29.3 Å². The summed E-state index contributed by atoms with van der Waals surface area (Å²) < 4.78 is 22.2. The first-order chi connectivity index (χ1) is 16.1. The van der Waals surface area contributed by atoms with Gasteiger partial charge >= 0.3 is 11.9 Å². The molecule has 1 aromatic carbocycles. The van der Waals surface area contributed by atoms with Gasteiger partial charge in [0.05, 0.1) is 13.2 Å². The van der Waals surface area contributed by atoms with Gasteiger partial charge in [0.2, 0.25) is 0 Å². The molecule has 1 unspecified atom stereocenters. The Bertz CT molecular complexity index is 698. The Morgan fingerprint density at radius 3 is 2.64 bits per heavy atom. The summed E-state index contributed by atoms with van der Waals surface area (Å²) in [7, 11) is 0. The number of carbonyl (C=O) groups excluding carboxylic acids is 1. The lowest BCUT2D eigenvalue weighted by Gasteiger charge is -2.22. The first kappa shape index (κ1) is 27.1. The van der Waals surface area contributed by atoms with Crippen LogP contribution in [0.2, 0.25) is 0 Å². The van der Waals surface area contributed by atoms with Gasteiger partial charge in [-0.2, -0.15) is 0 Å². The molecule has 186 valence electrons. The van der Waals surface area contributed by atoms with E-state index in [0.29, 0.717) is 32.5 Å². The van der Waals surface area contributed by atoms with Crippen LogP contribution in [-0.2, 0) is 36.6 Å². The Labute approximate surface area is 197 Å². The Kier molecular flexibility index (Phi) is 13.6. The number of carboxylic acid groups (broad SMARTS) is 1. The number of rotatable bonds is 17. The highest BCUT2D eigenvalue weighted by atomic mass is 16.7. The monoisotopic (exact) mass is 464 g/mol. The molecule has 0 aliphatic carbocycles. The molecule has 1 saturated heterocycles. The van der Waals surface area contributed by atoms with Gasteiger partial charge in [0.1, 0.15) is 5.75 Å². The highest BCUT2D eigenvalue weighted by Gasteiger charge is 2.14. The van der Waals surface area contributed by atoms with E-state index in [-0.39, 0.29) is 18.7 Å². The fourth-order valence-electron chi connectivity index (χ4n) is 3.96. The molecule has 0 aromatic heterocycles. The van der Waals surface area contributed by atoms with Crippen LogP contribution in [0, 0.1) is 0 Å². The van der Waals surface area contributed by atoms with Crippen LogP contribution in [0.25, 0.3) is 0 Å². The van der Waals surface area contributed by atoms with Crippen molar-refractivity contribution in [2.75, 3.05) is 26.4 Å². The minimum Gasteiger partial charge on any atom is -0.493 e. The van der Waals surface area contributed by atoms with Gasteiger partial charge in [0, 0.05) is 26.1 Å². The summed E-state index contributed by atoms with van der Waals surface area (Å²) in [5.74, 6) is -0.323. The third-order valence-corrected chi connectivity index (χ3v) is 5.69. The summed E-state index contributed by atoms with van der Waals surface area (Å²) >= 11 is 0. The zero-order valence-corrected chi connectivity index (χ0v) is 20.0. The highest BCUT2D eigenvalue weighted by Crippen LogP contribution is 2.26. The predicted octanol–water partition coefficient (Wildman–Crippen LogP) is 5.07. The van der Waals surface area contributed by atoms with Crippen LogP contribution < -0.4 is 4.74 Å². The molecule has 1 aromatic rings. The Morgan fingerprint density at radius 1 is 1.03 bits per heavy atom. The molecule has 1 aliphatic rings. The first-order valence-corrected chi connectivity index (χ1v) is 12.4. The van der Waals surface area contributed by atoms with Crippen LogP contribution in [0.1, 0.15) is 82.3 Å². The largest absolute Gasteiger partial charge is 0.493 e. The molecule has 1 heterocycles. The van der Waals surface area contributed by atoms with E-state index in [2.05, 4.69) is 6.07 Å². The number of hydrogen-bond acceptors (Lipinski definition) is 6. The number of esters is 1. The summed E-state index contributed by atoms with van der Waals surface area (Å²) in [6.45, 7) is 4.11. The van der Waals surface area contributed by atoms with E-state index in [1.54, 1.807) is 6.92 Å². The number of aryl methyl sites for hydroxylation is 1. The van der Waals surface area contributed by atoms with Gasteiger partial charge in [-0.25, -0.2) is 0 Å². The van der Waals surface area contributed by atoms with Crippen molar-refractivity contribution in [3.8, 4) is 5.75 Å². The zero-order valence-electron chi connectivity index (χ0n) is 20.0. The number of carbonyl (C=O) groups is 2. The molecule has 1 atom stereocenters. The summed E-state index contributed by atoms with van der Waals surface area (Å²) in [6.07, 6.45) is 9.82. The van der Waals surface area contributed by atoms with Crippen molar-refractivity contribution < 1.29 is 33.6 Å². The van der Waals surface area contributed by atoms with Gasteiger partial charge in [0.15, 0.2) is 6.29 Å². The third kappa shape index (κ3) is 11.5. The third-order valence-electron chi connectivity index (χ3n) is 5.69. The van der Waals surface area contributed by atoms with Gasteiger partial charge in [-0.1, -0.05) is 25.0 Å². The normalized spacial score (nSPS) is 15.8. The standard InChI is InChI=1S/C26H40O7/c1-2-30-25(29)14-10-20-31-23-13-9-12-21(22(23)16-17-24(27)28)11-5-3-4-7-18-32-26-15-6-8-19-33-26/h9,12-13,26H,2-8,10-11,14-20H2,1H3,(H,27,28). The average Bonchev–Trinajstić information content (AvgIpc) is 2.81. The van der Waals surface area contributed by atoms with Crippen molar-refractivity contribution in [2.24, 2.45) is 0 Å². The van der Waals surface area contributed by atoms with E-state index in [9.17, 15) is 9.59 Å². The maximum Gasteiger partial charge on any atom is 0.305 e. The van der Waals surface area contributed by atoms with E-state index in [1.165, 1.54) is 6.42 Å². The lowest BCUT2D eigenvalue weighted by atomic mass is 9.97. The molecule has 7 heteroatoms. The fourth-order valence-corrected chi connectivity index (χ4v) is 3.96. The van der Waals surface area contributed by atoms with Crippen LogP contribution in [0.4, 0.5) is 0 Å². The number of hydrogen-bond donors (Lipinski definition) is 1. The molecular formula is C26H40O7. The van der Waals surface area contributed by atoms with Crippen molar-refractivity contribution in [2.45, 2.75) is 90.3 Å². The quantitative estimate of drug-likeness (QED) is 0.254. The number of aliphatic carboxylic acids is 1. The number of benzene rings is 1. The summed E-state index contributed by atoms with van der Waals surface area (Å²) in [5, 5.41) is 9.16.